The van der Waals surface area contributed by atoms with Gasteiger partial charge in [-0.3, -0.25) is 20.4 Å². The van der Waals surface area contributed by atoms with Crippen molar-refractivity contribution in [1.29, 1.82) is 0 Å². The van der Waals surface area contributed by atoms with Crippen LogP contribution < -0.4 is 15.6 Å². The van der Waals surface area contributed by atoms with Gasteiger partial charge in [-0.15, -0.1) is 0 Å². The monoisotopic (exact) mass is 465 g/mol. The number of hydrogen-bond acceptors (Lipinski definition) is 5. The topological polar surface area (TPSA) is 93.5 Å². The Labute approximate surface area is 193 Å². The second kappa shape index (κ2) is 10.1. The number of ether oxygens (including phenoxy) is 1. The first-order valence-electron chi connectivity index (χ1n) is 10.5. The van der Waals surface area contributed by atoms with E-state index >= 15 is 0 Å². The van der Waals surface area contributed by atoms with Gasteiger partial charge in [0.2, 0.25) is 5.91 Å². The summed E-state index contributed by atoms with van der Waals surface area (Å²) in [6, 6.07) is 16.7. The highest BCUT2D eigenvalue weighted by Gasteiger charge is 2.18. The fourth-order valence-electron chi connectivity index (χ4n) is 3.29. The van der Waals surface area contributed by atoms with Crippen molar-refractivity contribution in [3.05, 3.63) is 84.4 Å². The summed E-state index contributed by atoms with van der Waals surface area (Å²) in [6.45, 7) is 1.56. The number of halogens is 2. The molecule has 4 aromatic rings. The summed E-state index contributed by atoms with van der Waals surface area (Å²) >= 11 is 0. The minimum Gasteiger partial charge on any atom is -0.481 e. The van der Waals surface area contributed by atoms with E-state index in [-0.39, 0.29) is 30.1 Å². The predicted octanol–water partition coefficient (Wildman–Crippen LogP) is 4.32. The zero-order chi connectivity index (χ0) is 24.1. The molecular weight excluding hydrogens is 444 g/mol. The predicted molar refractivity (Wildman–Crippen MR) is 120 cm³/mol. The maximum atomic E-state index is 13.9. The van der Waals surface area contributed by atoms with Crippen LogP contribution in [0.5, 0.6) is 5.75 Å². The van der Waals surface area contributed by atoms with Crippen molar-refractivity contribution in [2.75, 3.05) is 0 Å². The second-order valence-electron chi connectivity index (χ2n) is 7.52. The lowest BCUT2D eigenvalue weighted by molar-refractivity contribution is -0.132. The van der Waals surface area contributed by atoms with Crippen molar-refractivity contribution in [1.82, 2.24) is 15.8 Å². The van der Waals surface area contributed by atoms with Crippen LogP contribution in [-0.2, 0) is 16.0 Å². The van der Waals surface area contributed by atoms with E-state index in [2.05, 4.69) is 15.8 Å². The molecule has 34 heavy (non-hydrogen) atoms. The van der Waals surface area contributed by atoms with Gasteiger partial charge in [0.25, 0.3) is 5.91 Å². The molecule has 0 fully saturated rings. The number of benzene rings is 3. The summed E-state index contributed by atoms with van der Waals surface area (Å²) < 4.78 is 38.8. The Hall–Kier alpha value is -4.27. The van der Waals surface area contributed by atoms with Gasteiger partial charge in [-0.25, -0.2) is 13.8 Å². The largest absolute Gasteiger partial charge is 0.481 e. The van der Waals surface area contributed by atoms with Crippen LogP contribution in [0.3, 0.4) is 0 Å². The Kier molecular flexibility index (Phi) is 6.82. The van der Waals surface area contributed by atoms with E-state index in [1.807, 2.05) is 36.4 Å². The first-order chi connectivity index (χ1) is 16.4. The van der Waals surface area contributed by atoms with Gasteiger partial charge in [-0.05, 0) is 42.0 Å². The minimum atomic E-state index is -0.855. The van der Waals surface area contributed by atoms with Crippen LogP contribution in [0.4, 0.5) is 8.78 Å². The maximum absolute atomic E-state index is 13.9. The van der Waals surface area contributed by atoms with E-state index in [0.717, 1.165) is 22.9 Å². The summed E-state index contributed by atoms with van der Waals surface area (Å²) in [5, 5.41) is 2.03. The van der Waals surface area contributed by atoms with Gasteiger partial charge >= 0.3 is 0 Å². The van der Waals surface area contributed by atoms with Crippen LogP contribution >= 0.6 is 0 Å². The molecule has 2 amide bonds. The number of aromatic nitrogens is 1. The molecule has 2 N–H and O–H groups in total. The summed E-state index contributed by atoms with van der Waals surface area (Å²) in [6.07, 6.45) is 0.342. The third-order valence-electron chi connectivity index (χ3n) is 5.06. The Morgan fingerprint density at radius 3 is 2.50 bits per heavy atom. The van der Waals surface area contributed by atoms with Crippen LogP contribution in [-0.4, -0.2) is 22.9 Å². The van der Waals surface area contributed by atoms with E-state index in [0.29, 0.717) is 5.75 Å². The molecule has 0 saturated carbocycles. The van der Waals surface area contributed by atoms with Gasteiger partial charge in [-0.1, -0.05) is 36.4 Å². The lowest BCUT2D eigenvalue weighted by atomic mass is 10.1. The van der Waals surface area contributed by atoms with Crippen molar-refractivity contribution in [3.63, 3.8) is 0 Å². The molecule has 0 bridgehead atoms. The van der Waals surface area contributed by atoms with Crippen LogP contribution in [0.1, 0.15) is 19.2 Å². The number of hydrogen-bond donors (Lipinski definition) is 2. The molecule has 9 heteroatoms. The first-order valence-corrected chi connectivity index (χ1v) is 10.5. The summed E-state index contributed by atoms with van der Waals surface area (Å²) in [5.41, 5.74) is 4.29. The molecule has 1 unspecified atom stereocenters. The molecule has 1 atom stereocenters. The van der Waals surface area contributed by atoms with E-state index in [4.69, 9.17) is 9.15 Å². The molecule has 0 aliphatic heterocycles. The number of nitrogens with one attached hydrogen (secondary N) is 2. The Morgan fingerprint density at radius 1 is 1.00 bits per heavy atom. The van der Waals surface area contributed by atoms with Crippen molar-refractivity contribution in [3.8, 4) is 17.1 Å². The number of hydrazine groups is 1. The number of fused-ring (bicyclic) bond motifs is 1. The molecule has 0 spiro atoms. The molecule has 0 saturated heterocycles. The van der Waals surface area contributed by atoms with Gasteiger partial charge in [0.05, 0.1) is 11.8 Å². The number of carbonyl (C=O) groups is 2. The number of nitrogens with zero attached hydrogens (tertiary/aromatic N) is 1. The van der Waals surface area contributed by atoms with E-state index in [1.54, 1.807) is 13.0 Å². The van der Waals surface area contributed by atoms with Crippen LogP contribution in [0.25, 0.3) is 22.1 Å². The second-order valence-corrected chi connectivity index (χ2v) is 7.52. The van der Waals surface area contributed by atoms with E-state index in [9.17, 15) is 18.4 Å². The van der Waals surface area contributed by atoms with Crippen LogP contribution in [0.15, 0.2) is 71.3 Å². The van der Waals surface area contributed by atoms with E-state index < -0.39 is 29.6 Å². The van der Waals surface area contributed by atoms with Crippen molar-refractivity contribution in [2.24, 2.45) is 0 Å². The van der Waals surface area contributed by atoms with Gasteiger partial charge in [-0.2, -0.15) is 0 Å². The lowest BCUT2D eigenvalue weighted by Gasteiger charge is -2.15. The Balaban J connectivity index is 1.25. The molecule has 4 rings (SSSR count). The van der Waals surface area contributed by atoms with Crippen LogP contribution in [0.2, 0.25) is 0 Å². The fraction of sp³-hybridized carbons (Fsp3) is 0.160. The van der Waals surface area contributed by atoms with Crippen LogP contribution in [0, 0.1) is 11.6 Å². The molecule has 3 aromatic carbocycles. The Bertz CT molecular complexity index is 1320. The Morgan fingerprint density at radius 2 is 1.74 bits per heavy atom. The number of aryl methyl sites for hydroxylation is 1. The van der Waals surface area contributed by atoms with Gasteiger partial charge in [0.15, 0.2) is 17.8 Å². The smallest absolute Gasteiger partial charge is 0.279 e. The minimum absolute atomic E-state index is 0.0695. The van der Waals surface area contributed by atoms with Gasteiger partial charge < -0.3 is 9.15 Å². The standard InChI is InChI=1S/C25H21F2N3O4/c1-15(33-18-10-9-16-5-2-3-6-17(16)13-18)25(32)30-29-22(31)11-12-23-28-14-21(34-23)24-19(26)7-4-8-20(24)27/h2-10,13-15H,11-12H2,1H3,(H,29,31)(H,30,32). The number of oxazole rings is 1. The average molecular weight is 465 g/mol. The maximum Gasteiger partial charge on any atom is 0.279 e. The molecule has 0 aliphatic rings. The number of amides is 2. The van der Waals surface area contributed by atoms with Crippen molar-refractivity contribution in [2.45, 2.75) is 25.9 Å². The van der Waals surface area contributed by atoms with Gasteiger partial charge in [0.1, 0.15) is 17.4 Å². The highest BCUT2D eigenvalue weighted by molar-refractivity contribution is 5.85. The summed E-state index contributed by atoms with van der Waals surface area (Å²) in [5.74, 6) is -1.99. The van der Waals surface area contributed by atoms with Crippen molar-refractivity contribution >= 4 is 22.6 Å². The molecule has 0 radical (unpaired) electrons. The third-order valence-corrected chi connectivity index (χ3v) is 5.06. The zero-order valence-electron chi connectivity index (χ0n) is 18.2. The molecule has 174 valence electrons. The normalized spacial score (nSPS) is 11.7. The molecule has 0 aliphatic carbocycles. The molecule has 7 nitrogen and oxygen atoms in total. The zero-order valence-corrected chi connectivity index (χ0v) is 18.2. The highest BCUT2D eigenvalue weighted by Crippen LogP contribution is 2.27. The summed E-state index contributed by atoms with van der Waals surface area (Å²) in [4.78, 5) is 28.3. The number of carbonyl (C=O) groups excluding carboxylic acids is 2. The molecule has 1 aromatic heterocycles. The van der Waals surface area contributed by atoms with E-state index in [1.165, 1.54) is 12.3 Å². The highest BCUT2D eigenvalue weighted by atomic mass is 19.1. The lowest BCUT2D eigenvalue weighted by Crippen LogP contribution is -2.47. The average Bonchev–Trinajstić information content (AvgIpc) is 3.29. The number of rotatable bonds is 7. The molecular formula is C25H21F2N3O4. The first kappa shape index (κ1) is 22.9. The third kappa shape index (κ3) is 5.37. The molecule has 1 heterocycles. The quantitative estimate of drug-likeness (QED) is 0.397. The van der Waals surface area contributed by atoms with Crippen molar-refractivity contribution < 1.29 is 27.5 Å². The fourth-order valence-corrected chi connectivity index (χ4v) is 3.29. The summed E-state index contributed by atoms with van der Waals surface area (Å²) in [7, 11) is 0. The SMILES string of the molecule is CC(Oc1ccc2ccccc2c1)C(=O)NNC(=O)CCc1ncc(-c2c(F)cccc2F)o1. The van der Waals surface area contributed by atoms with Gasteiger partial charge in [0, 0.05) is 12.8 Å².